The minimum absolute atomic E-state index is 0.807. The van der Waals surface area contributed by atoms with Gasteiger partial charge in [0.05, 0.1) is 6.54 Å². The first-order chi connectivity index (χ1) is 7.43. The second-order valence-electron chi connectivity index (χ2n) is 3.38. The second kappa shape index (κ2) is 8.05. The highest BCUT2D eigenvalue weighted by Crippen LogP contribution is 1.88. The number of rotatable bonds is 1. The molecule has 2 heteroatoms. The van der Waals surface area contributed by atoms with Crippen molar-refractivity contribution in [1.29, 1.82) is 0 Å². The molecular formula is C13H18N2. The Morgan fingerprint density at radius 2 is 1.47 bits per heavy atom. The summed E-state index contributed by atoms with van der Waals surface area (Å²) in [5.74, 6) is 2.64. The molecule has 80 valence electrons. The lowest BCUT2D eigenvalue weighted by Crippen LogP contribution is -2.43. The first-order valence-corrected chi connectivity index (χ1v) is 5.30. The summed E-state index contributed by atoms with van der Waals surface area (Å²) in [7, 11) is 0. The highest BCUT2D eigenvalue weighted by atomic mass is 15.2. The van der Waals surface area contributed by atoms with Gasteiger partial charge >= 0.3 is 0 Å². The van der Waals surface area contributed by atoms with Crippen molar-refractivity contribution in [3.63, 3.8) is 0 Å². The predicted octanol–water partition coefficient (Wildman–Crippen LogP) is 1.21. The van der Waals surface area contributed by atoms with Gasteiger partial charge in [0.25, 0.3) is 0 Å². The van der Waals surface area contributed by atoms with Crippen molar-refractivity contribution in [3.8, 4) is 12.3 Å². The van der Waals surface area contributed by atoms with Crippen LogP contribution in [0.3, 0.4) is 0 Å². The fourth-order valence-corrected chi connectivity index (χ4v) is 1.38. The van der Waals surface area contributed by atoms with Gasteiger partial charge in [-0.25, -0.2) is 0 Å². The van der Waals surface area contributed by atoms with Crippen molar-refractivity contribution in [2.75, 3.05) is 32.7 Å². The van der Waals surface area contributed by atoms with Gasteiger partial charge in [-0.1, -0.05) is 42.3 Å². The van der Waals surface area contributed by atoms with Gasteiger partial charge in [-0.3, -0.25) is 4.90 Å². The highest BCUT2D eigenvalue weighted by Gasteiger charge is 2.05. The minimum Gasteiger partial charge on any atom is -0.314 e. The smallest absolute Gasteiger partial charge is 0.0599 e. The number of hydrogen-bond acceptors (Lipinski definition) is 2. The third-order valence-electron chi connectivity index (χ3n) is 2.19. The molecule has 1 aliphatic heterocycles. The molecule has 1 N–H and O–H groups in total. The molecule has 0 aromatic heterocycles. The number of nitrogens with one attached hydrogen (secondary N) is 1. The Morgan fingerprint density at radius 1 is 1.00 bits per heavy atom. The van der Waals surface area contributed by atoms with Crippen LogP contribution in [-0.2, 0) is 0 Å². The lowest BCUT2D eigenvalue weighted by atomic mass is 10.4. The topological polar surface area (TPSA) is 15.3 Å². The lowest BCUT2D eigenvalue weighted by molar-refractivity contribution is 0.268. The van der Waals surface area contributed by atoms with E-state index in [2.05, 4.69) is 16.1 Å². The Kier molecular flexibility index (Phi) is 6.31. The molecule has 0 atom stereocenters. The predicted molar refractivity (Wildman–Crippen MR) is 64.6 cm³/mol. The van der Waals surface area contributed by atoms with Crippen molar-refractivity contribution in [2.24, 2.45) is 0 Å². The molecule has 0 aliphatic carbocycles. The first kappa shape index (κ1) is 11.8. The largest absolute Gasteiger partial charge is 0.314 e. The van der Waals surface area contributed by atoms with Gasteiger partial charge in [0.15, 0.2) is 0 Å². The molecule has 0 saturated carbocycles. The summed E-state index contributed by atoms with van der Waals surface area (Å²) in [6, 6.07) is 12.0. The molecule has 1 saturated heterocycles. The van der Waals surface area contributed by atoms with Gasteiger partial charge < -0.3 is 5.32 Å². The van der Waals surface area contributed by atoms with Crippen LogP contribution in [0.15, 0.2) is 36.4 Å². The molecule has 2 nitrogen and oxygen atoms in total. The van der Waals surface area contributed by atoms with E-state index in [4.69, 9.17) is 6.42 Å². The summed E-state index contributed by atoms with van der Waals surface area (Å²) in [5, 5.41) is 3.26. The van der Waals surface area contributed by atoms with E-state index < -0.39 is 0 Å². The van der Waals surface area contributed by atoms with Crippen LogP contribution in [-0.4, -0.2) is 37.6 Å². The molecule has 0 radical (unpaired) electrons. The number of terminal acetylenes is 1. The van der Waals surface area contributed by atoms with E-state index in [0.717, 1.165) is 32.7 Å². The summed E-state index contributed by atoms with van der Waals surface area (Å²) in [6.07, 6.45) is 5.15. The van der Waals surface area contributed by atoms with Crippen molar-refractivity contribution >= 4 is 0 Å². The monoisotopic (exact) mass is 202 g/mol. The number of piperazine rings is 1. The average molecular weight is 202 g/mol. The molecule has 1 fully saturated rings. The minimum atomic E-state index is 0.807. The Hall–Kier alpha value is -1.30. The zero-order valence-corrected chi connectivity index (χ0v) is 9.02. The molecular weight excluding hydrogens is 184 g/mol. The van der Waals surface area contributed by atoms with Crippen LogP contribution in [0.5, 0.6) is 0 Å². The maximum Gasteiger partial charge on any atom is 0.0599 e. The summed E-state index contributed by atoms with van der Waals surface area (Å²) in [6.45, 7) is 5.18. The molecule has 2 rings (SSSR count). The molecule has 0 bridgehead atoms. The molecule has 1 heterocycles. The molecule has 1 aromatic carbocycles. The summed E-state index contributed by atoms with van der Waals surface area (Å²) in [5.41, 5.74) is 0. The molecule has 0 unspecified atom stereocenters. The highest BCUT2D eigenvalue weighted by molar-refractivity contribution is 4.99. The van der Waals surface area contributed by atoms with Gasteiger partial charge in [0, 0.05) is 26.2 Å². The fourth-order valence-electron chi connectivity index (χ4n) is 1.38. The molecule has 1 aromatic rings. The maximum absolute atomic E-state index is 5.15. The first-order valence-electron chi connectivity index (χ1n) is 5.30. The standard InChI is InChI=1S/C7H12N2.C6H6/c1-2-5-9-6-3-8-4-7-9;1-2-4-6-5-3-1/h1,8H,3-7H2;1-6H. The Morgan fingerprint density at radius 3 is 1.87 bits per heavy atom. The van der Waals surface area contributed by atoms with Crippen molar-refractivity contribution in [3.05, 3.63) is 36.4 Å². The second-order valence-corrected chi connectivity index (χ2v) is 3.38. The lowest BCUT2D eigenvalue weighted by Gasteiger charge is -2.24. The number of nitrogens with zero attached hydrogens (tertiary/aromatic N) is 1. The average Bonchev–Trinajstić information content (AvgIpc) is 2.34. The van der Waals surface area contributed by atoms with Crippen LogP contribution < -0.4 is 5.32 Å². The molecule has 0 amide bonds. The van der Waals surface area contributed by atoms with E-state index in [-0.39, 0.29) is 0 Å². The van der Waals surface area contributed by atoms with Crippen LogP contribution >= 0.6 is 0 Å². The molecule has 0 spiro atoms. The van der Waals surface area contributed by atoms with Crippen molar-refractivity contribution in [1.82, 2.24) is 10.2 Å². The van der Waals surface area contributed by atoms with Crippen molar-refractivity contribution < 1.29 is 0 Å². The summed E-state index contributed by atoms with van der Waals surface area (Å²) < 4.78 is 0. The van der Waals surface area contributed by atoms with E-state index in [1.807, 2.05) is 36.4 Å². The van der Waals surface area contributed by atoms with E-state index in [1.54, 1.807) is 0 Å². The number of hydrogen-bond donors (Lipinski definition) is 1. The Labute approximate surface area is 92.3 Å². The van der Waals surface area contributed by atoms with Gasteiger partial charge in [0.1, 0.15) is 0 Å². The van der Waals surface area contributed by atoms with Crippen LogP contribution in [0, 0.1) is 12.3 Å². The van der Waals surface area contributed by atoms with Gasteiger partial charge in [0.2, 0.25) is 0 Å². The van der Waals surface area contributed by atoms with Gasteiger partial charge in [-0.05, 0) is 0 Å². The fraction of sp³-hybridized carbons (Fsp3) is 0.385. The van der Waals surface area contributed by atoms with Gasteiger partial charge in [-0.2, -0.15) is 0 Å². The quantitative estimate of drug-likeness (QED) is 0.689. The Balaban J connectivity index is 0.000000162. The zero-order valence-electron chi connectivity index (χ0n) is 9.02. The SMILES string of the molecule is C#CCN1CCNCC1.c1ccccc1. The van der Waals surface area contributed by atoms with Crippen molar-refractivity contribution in [2.45, 2.75) is 0 Å². The van der Waals surface area contributed by atoms with Crippen LogP contribution in [0.4, 0.5) is 0 Å². The molecule has 15 heavy (non-hydrogen) atoms. The van der Waals surface area contributed by atoms with Crippen LogP contribution in [0.2, 0.25) is 0 Å². The number of benzene rings is 1. The van der Waals surface area contributed by atoms with E-state index in [9.17, 15) is 0 Å². The van der Waals surface area contributed by atoms with E-state index in [0.29, 0.717) is 0 Å². The van der Waals surface area contributed by atoms with Gasteiger partial charge in [-0.15, -0.1) is 6.42 Å². The zero-order chi connectivity index (χ0) is 10.8. The third-order valence-corrected chi connectivity index (χ3v) is 2.19. The third kappa shape index (κ3) is 5.90. The van der Waals surface area contributed by atoms with Crippen LogP contribution in [0.1, 0.15) is 0 Å². The maximum atomic E-state index is 5.15. The van der Waals surface area contributed by atoms with Crippen LogP contribution in [0.25, 0.3) is 0 Å². The van der Waals surface area contributed by atoms with E-state index in [1.165, 1.54) is 0 Å². The van der Waals surface area contributed by atoms with E-state index >= 15 is 0 Å². The Bertz CT molecular complexity index is 244. The summed E-state index contributed by atoms with van der Waals surface area (Å²) >= 11 is 0. The molecule has 1 aliphatic rings. The normalized spacial score (nSPS) is 15.9. The summed E-state index contributed by atoms with van der Waals surface area (Å²) in [4.78, 5) is 2.27.